The molecule has 0 saturated heterocycles. The summed E-state index contributed by atoms with van der Waals surface area (Å²) in [6.45, 7) is 0.449. The monoisotopic (exact) mass is 195 g/mol. The Balaban J connectivity index is 2.50. The van der Waals surface area contributed by atoms with Crippen molar-refractivity contribution < 1.29 is 15.3 Å². The second-order valence-electron chi connectivity index (χ2n) is 3.81. The molecule has 0 radical (unpaired) electrons. The van der Waals surface area contributed by atoms with Gasteiger partial charge < -0.3 is 21.1 Å². The Kier molecular flexibility index (Phi) is 1.82. The summed E-state index contributed by atoms with van der Waals surface area (Å²) in [5.41, 5.74) is 6.05. The van der Waals surface area contributed by atoms with Crippen LogP contribution in [-0.2, 0) is 5.41 Å². The van der Waals surface area contributed by atoms with E-state index in [-0.39, 0.29) is 16.9 Å². The third-order valence-corrected chi connectivity index (χ3v) is 2.95. The molecule has 76 valence electrons. The van der Waals surface area contributed by atoms with E-state index in [1.807, 2.05) is 0 Å². The highest BCUT2D eigenvalue weighted by molar-refractivity contribution is 5.57. The lowest BCUT2D eigenvalue weighted by Gasteiger charge is -2.15. The molecule has 0 atom stereocenters. The van der Waals surface area contributed by atoms with Gasteiger partial charge in [-0.15, -0.1) is 0 Å². The summed E-state index contributed by atoms with van der Waals surface area (Å²) in [5.74, 6) is -1.01. The van der Waals surface area contributed by atoms with E-state index in [9.17, 15) is 10.2 Å². The van der Waals surface area contributed by atoms with Crippen LogP contribution in [0.4, 0.5) is 0 Å². The predicted molar refractivity (Wildman–Crippen MR) is 51.4 cm³/mol. The minimum absolute atomic E-state index is 0.185. The van der Waals surface area contributed by atoms with Gasteiger partial charge in [-0.2, -0.15) is 0 Å². The molecule has 1 aliphatic carbocycles. The van der Waals surface area contributed by atoms with E-state index in [0.717, 1.165) is 12.8 Å². The van der Waals surface area contributed by atoms with Gasteiger partial charge >= 0.3 is 0 Å². The smallest absolute Gasteiger partial charge is 0.200 e. The van der Waals surface area contributed by atoms with Gasteiger partial charge in [-0.05, 0) is 18.9 Å². The summed E-state index contributed by atoms with van der Waals surface area (Å²) in [5, 5.41) is 28.1. The minimum Gasteiger partial charge on any atom is -0.504 e. The number of aromatic hydroxyl groups is 3. The lowest BCUT2D eigenvalue weighted by molar-refractivity contribution is 0.362. The molecule has 0 aromatic heterocycles. The topological polar surface area (TPSA) is 86.7 Å². The minimum atomic E-state index is -0.456. The summed E-state index contributed by atoms with van der Waals surface area (Å²) >= 11 is 0. The van der Waals surface area contributed by atoms with Gasteiger partial charge in [0, 0.05) is 17.5 Å². The molecule has 5 N–H and O–H groups in total. The first-order valence-electron chi connectivity index (χ1n) is 4.55. The zero-order valence-electron chi connectivity index (χ0n) is 7.70. The maximum atomic E-state index is 9.62. The van der Waals surface area contributed by atoms with E-state index in [0.29, 0.717) is 12.1 Å². The van der Waals surface area contributed by atoms with Crippen LogP contribution in [0.5, 0.6) is 17.2 Å². The third kappa shape index (κ3) is 1.11. The zero-order valence-corrected chi connectivity index (χ0v) is 7.70. The molecule has 4 heteroatoms. The van der Waals surface area contributed by atoms with Gasteiger partial charge in [0.05, 0.1) is 0 Å². The van der Waals surface area contributed by atoms with E-state index in [1.54, 1.807) is 6.07 Å². The Morgan fingerprint density at radius 3 is 2.29 bits per heavy atom. The second kappa shape index (κ2) is 2.78. The summed E-state index contributed by atoms with van der Waals surface area (Å²) in [6.07, 6.45) is 1.84. The van der Waals surface area contributed by atoms with Crippen LogP contribution < -0.4 is 5.73 Å². The molecule has 1 aromatic rings. The molecule has 1 aromatic carbocycles. The Labute approximate surface area is 81.6 Å². The number of phenols is 3. The molecule has 0 bridgehead atoms. The van der Waals surface area contributed by atoms with E-state index >= 15 is 0 Å². The fraction of sp³-hybridized carbons (Fsp3) is 0.400. The Hall–Kier alpha value is -1.42. The van der Waals surface area contributed by atoms with Crippen molar-refractivity contribution >= 4 is 0 Å². The van der Waals surface area contributed by atoms with Crippen LogP contribution in [0, 0.1) is 0 Å². The number of nitrogens with two attached hydrogens (primary N) is 1. The van der Waals surface area contributed by atoms with Crippen molar-refractivity contribution in [3.05, 3.63) is 17.7 Å². The van der Waals surface area contributed by atoms with E-state index in [2.05, 4.69) is 0 Å². The van der Waals surface area contributed by atoms with Crippen molar-refractivity contribution in [1.29, 1.82) is 0 Å². The Morgan fingerprint density at radius 2 is 1.79 bits per heavy atom. The summed E-state index contributed by atoms with van der Waals surface area (Å²) in [7, 11) is 0. The first kappa shape index (κ1) is 9.15. The van der Waals surface area contributed by atoms with Crippen molar-refractivity contribution in [2.45, 2.75) is 18.3 Å². The molecule has 2 rings (SSSR count). The number of hydrogen-bond acceptors (Lipinski definition) is 4. The average molecular weight is 195 g/mol. The molecule has 1 aliphatic rings. The van der Waals surface area contributed by atoms with Gasteiger partial charge in [0.1, 0.15) is 0 Å². The maximum Gasteiger partial charge on any atom is 0.200 e. The van der Waals surface area contributed by atoms with Crippen LogP contribution in [0.15, 0.2) is 12.1 Å². The van der Waals surface area contributed by atoms with Gasteiger partial charge in [-0.25, -0.2) is 0 Å². The molecular weight excluding hydrogens is 182 g/mol. The van der Waals surface area contributed by atoms with Crippen LogP contribution in [0.1, 0.15) is 18.4 Å². The quantitative estimate of drug-likeness (QED) is 0.525. The molecule has 14 heavy (non-hydrogen) atoms. The Bertz CT molecular complexity index is 372. The lowest BCUT2D eigenvalue weighted by Crippen LogP contribution is -2.19. The normalized spacial score (nSPS) is 18.1. The predicted octanol–water partition coefficient (Wildman–Crippen LogP) is 0.794. The van der Waals surface area contributed by atoms with Gasteiger partial charge in [0.2, 0.25) is 5.75 Å². The number of rotatable bonds is 2. The van der Waals surface area contributed by atoms with Crippen LogP contribution in [-0.4, -0.2) is 21.9 Å². The fourth-order valence-corrected chi connectivity index (χ4v) is 1.73. The first-order chi connectivity index (χ1) is 6.60. The van der Waals surface area contributed by atoms with Crippen molar-refractivity contribution in [2.75, 3.05) is 6.54 Å². The third-order valence-electron chi connectivity index (χ3n) is 2.95. The Morgan fingerprint density at radius 1 is 1.14 bits per heavy atom. The molecule has 0 aliphatic heterocycles. The number of hydrogen-bond donors (Lipinski definition) is 4. The molecule has 0 amide bonds. The lowest BCUT2D eigenvalue weighted by atomic mass is 9.94. The molecule has 1 fully saturated rings. The van der Waals surface area contributed by atoms with Crippen LogP contribution in [0.25, 0.3) is 0 Å². The summed E-state index contributed by atoms with van der Waals surface area (Å²) < 4.78 is 0. The SMILES string of the molecule is NCC1(c2ccc(O)c(O)c2O)CC1. The van der Waals surface area contributed by atoms with Crippen LogP contribution >= 0.6 is 0 Å². The highest BCUT2D eigenvalue weighted by atomic mass is 16.3. The number of phenolic OH excluding ortho intramolecular Hbond substituents is 3. The highest BCUT2D eigenvalue weighted by Crippen LogP contribution is 2.53. The van der Waals surface area contributed by atoms with Gasteiger partial charge in [-0.3, -0.25) is 0 Å². The maximum absolute atomic E-state index is 9.62. The largest absolute Gasteiger partial charge is 0.504 e. The zero-order chi connectivity index (χ0) is 10.3. The first-order valence-corrected chi connectivity index (χ1v) is 4.55. The van der Waals surface area contributed by atoms with Crippen LogP contribution in [0.3, 0.4) is 0 Å². The molecule has 4 nitrogen and oxygen atoms in total. The van der Waals surface area contributed by atoms with Crippen molar-refractivity contribution in [3.8, 4) is 17.2 Å². The van der Waals surface area contributed by atoms with Gasteiger partial charge in [-0.1, -0.05) is 6.07 Å². The summed E-state index contributed by atoms with van der Waals surface area (Å²) in [4.78, 5) is 0. The fourth-order valence-electron chi connectivity index (χ4n) is 1.73. The second-order valence-corrected chi connectivity index (χ2v) is 3.81. The average Bonchev–Trinajstić information content (AvgIpc) is 2.95. The molecular formula is C10H13NO3. The molecule has 1 saturated carbocycles. The van der Waals surface area contributed by atoms with Gasteiger partial charge in [0.25, 0.3) is 0 Å². The standard InChI is InChI=1S/C10H13NO3/c11-5-10(3-4-10)6-1-2-7(12)9(14)8(6)13/h1-2,12-14H,3-5,11H2. The van der Waals surface area contributed by atoms with E-state index < -0.39 is 5.75 Å². The molecule has 0 unspecified atom stereocenters. The molecule has 0 heterocycles. The van der Waals surface area contributed by atoms with Crippen molar-refractivity contribution in [1.82, 2.24) is 0 Å². The summed E-state index contributed by atoms with van der Waals surface area (Å²) in [6, 6.07) is 2.99. The molecule has 0 spiro atoms. The van der Waals surface area contributed by atoms with Crippen molar-refractivity contribution in [2.24, 2.45) is 5.73 Å². The number of benzene rings is 1. The highest BCUT2D eigenvalue weighted by Gasteiger charge is 2.45. The van der Waals surface area contributed by atoms with Crippen molar-refractivity contribution in [3.63, 3.8) is 0 Å². The van der Waals surface area contributed by atoms with E-state index in [4.69, 9.17) is 10.8 Å². The van der Waals surface area contributed by atoms with Crippen LogP contribution in [0.2, 0.25) is 0 Å². The van der Waals surface area contributed by atoms with E-state index in [1.165, 1.54) is 6.07 Å². The van der Waals surface area contributed by atoms with Gasteiger partial charge in [0.15, 0.2) is 11.5 Å².